The molecule has 36 nitrogen and oxygen atoms in total. The Balaban J connectivity index is 1.67. The summed E-state index contributed by atoms with van der Waals surface area (Å²) in [5.74, 6) is -24.1. The minimum Gasteiger partial charge on any atom is -0.481 e. The van der Waals surface area contributed by atoms with Gasteiger partial charge in [0.15, 0.2) is 11.6 Å². The van der Waals surface area contributed by atoms with Gasteiger partial charge in [0.25, 0.3) is 11.7 Å². The van der Waals surface area contributed by atoms with E-state index in [-0.39, 0.29) is 86.2 Å². The molecule has 13 N–H and O–H groups in total. The van der Waals surface area contributed by atoms with Crippen molar-refractivity contribution in [2.24, 2.45) is 52.4 Å². The Labute approximate surface area is 701 Å². The number of esters is 4. The summed E-state index contributed by atoms with van der Waals surface area (Å²) in [6, 6.07) is -7.05. The number of aliphatic hydroxyl groups is 2. The van der Waals surface area contributed by atoms with Crippen LogP contribution in [0.4, 0.5) is 0 Å². The van der Waals surface area contributed by atoms with E-state index in [2.05, 4.69) is 16.0 Å². The third-order valence-electron chi connectivity index (χ3n) is 21.7. The Morgan fingerprint density at radius 1 is 0.706 bits per heavy atom. The van der Waals surface area contributed by atoms with E-state index in [0.717, 1.165) is 34.0 Å². The molecule has 20 atom stereocenters. The molecule has 0 radical (unpaired) electrons. The number of Topliss-reactive ketones (excluding diaryl/α,β-unsaturated/α-hetero) is 4. The van der Waals surface area contributed by atoms with Crippen LogP contribution in [0, 0.1) is 40.9 Å². The summed E-state index contributed by atoms with van der Waals surface area (Å²) in [6.07, 6.45) is 3.47. The number of carboxylic acids is 4. The summed E-state index contributed by atoms with van der Waals surface area (Å²) >= 11 is 1.48. The number of ether oxygens (including phenoxy) is 8. The molecule has 0 aromatic heterocycles. The van der Waals surface area contributed by atoms with Gasteiger partial charge in [-0.3, -0.25) is 71.9 Å². The largest absolute Gasteiger partial charge is 0.481 e. The smallest absolute Gasteiger partial charge is 0.329 e. The summed E-state index contributed by atoms with van der Waals surface area (Å²) in [5, 5.41) is 67.6. The van der Waals surface area contributed by atoms with Crippen molar-refractivity contribution < 1.29 is 145 Å². The number of carboxylic acid groups (broad SMARTS) is 4. The van der Waals surface area contributed by atoms with Gasteiger partial charge in [-0.05, 0) is 127 Å². The van der Waals surface area contributed by atoms with Gasteiger partial charge in [-0.25, -0.2) is 4.79 Å². The molecule has 119 heavy (non-hydrogen) atoms. The maximum Gasteiger partial charge on any atom is 0.329 e. The van der Waals surface area contributed by atoms with Crippen LogP contribution in [0.25, 0.3) is 0 Å². The second-order valence-electron chi connectivity index (χ2n) is 31.6. The first kappa shape index (κ1) is 103. The monoisotopic (exact) mass is 1720 g/mol. The van der Waals surface area contributed by atoms with Gasteiger partial charge in [-0.1, -0.05) is 71.1 Å². The molecule has 1 aliphatic carbocycles. The van der Waals surface area contributed by atoms with Crippen molar-refractivity contribution in [2.75, 3.05) is 70.6 Å². The average Bonchev–Trinajstić information content (AvgIpc) is 0.772. The molecule has 3 aliphatic heterocycles. The minimum atomic E-state index is -2.59. The first-order valence-corrected chi connectivity index (χ1v) is 42.3. The van der Waals surface area contributed by atoms with Crippen molar-refractivity contribution in [3.8, 4) is 0 Å². The third-order valence-corrected chi connectivity index (χ3v) is 23.7. The molecule has 3 fully saturated rings. The molecule has 38 heteroatoms. The number of ketones is 4. The lowest BCUT2D eigenvalue weighted by Crippen LogP contribution is -2.61. The number of amides is 4. The van der Waals surface area contributed by atoms with Crippen LogP contribution < -0.4 is 27.4 Å². The number of aliphatic carboxylic acids is 4. The van der Waals surface area contributed by atoms with Crippen LogP contribution in [0.5, 0.6) is 0 Å². The molecule has 0 aromatic carbocycles. The first-order valence-electron chi connectivity index (χ1n) is 40.0. The zero-order valence-electron chi connectivity index (χ0n) is 69.6. The minimum absolute atomic E-state index is 0.0470. The Morgan fingerprint density at radius 2 is 1.31 bits per heavy atom. The number of hydrogen-bond donors (Lipinski definition) is 11. The zero-order valence-corrected chi connectivity index (χ0v) is 71.3. The van der Waals surface area contributed by atoms with Crippen LogP contribution in [0.3, 0.4) is 0 Å². The molecule has 4 aliphatic rings. The molecule has 1 unspecified atom stereocenters. The molecule has 3 heterocycles. The normalized spacial score (nSPS) is 28.6. The van der Waals surface area contributed by atoms with Gasteiger partial charge in [-0.2, -0.15) is 0 Å². The Kier molecular flexibility index (Phi) is 44.0. The number of piperidine rings is 1. The van der Waals surface area contributed by atoms with E-state index in [1.54, 1.807) is 34.6 Å². The van der Waals surface area contributed by atoms with E-state index >= 15 is 0 Å². The van der Waals surface area contributed by atoms with E-state index < -0.39 is 260 Å². The number of rotatable bonds is 37. The summed E-state index contributed by atoms with van der Waals surface area (Å²) < 4.78 is 47.4. The zero-order chi connectivity index (χ0) is 89.2. The standard InChI is InChI=1S/C81H122N6O30S2/c1-44-17-13-12-14-18-45(2)61(110-9)35-52-22-20-50(7)81(109,117-52)73(100)75(102)87-30-16-15-19-57(87)78(107)115-62(36-59(89)46(3)32-49(6)71(99)72(112-11)70(98)48(5)31-44)47(4)33-51-21-26-60(63(34-51)111-10)116-79(108)80(8,42-113-68(96)40-118-38-55(58(88)25-29-66(92)93)85-64(90)27-23-53(82)76(103)104)43-114-69(97)41-119-39-56(74(101)84-37-67(94)95)86-65(91)28-24-54(83)77(105)106/h12-14,17-18,32,44,46-48,50-57,60-63,71-72,99,109H,15-16,19-31,33-43,82-83H2,1-11H3,(H,84,101)(H,85,90)(H,86,91)(H,92,93)(H,94,95)(H,103,104)(H,105,106)/b14-12+,17-13+,45-18+,49-32+/t44-,46-,47-,48-,50-,51+,52+,53+,54+,55+,56+,57+,60-,61+,62+,63-,71-,72+,80?,81-/m1/s1. The highest BCUT2D eigenvalue weighted by Crippen LogP contribution is 2.39. The van der Waals surface area contributed by atoms with E-state index in [9.17, 15) is 107 Å². The van der Waals surface area contributed by atoms with E-state index in [4.69, 9.17) is 49.4 Å². The predicted molar refractivity (Wildman–Crippen MR) is 430 cm³/mol. The number of nitrogens with one attached hydrogen (secondary N) is 3. The molecule has 1 saturated carbocycles. The highest BCUT2D eigenvalue weighted by atomic mass is 32.2. The van der Waals surface area contributed by atoms with Crippen LogP contribution in [0.1, 0.15) is 171 Å². The molecule has 0 aromatic rings. The van der Waals surface area contributed by atoms with Crippen LogP contribution in [-0.4, -0.2) is 279 Å². The topological polar surface area (TPSA) is 560 Å². The summed E-state index contributed by atoms with van der Waals surface area (Å²) in [7, 11) is 4.18. The Hall–Kier alpha value is -8.34. The molecule has 4 rings (SSSR count). The quantitative estimate of drug-likeness (QED) is 0.0184. The second-order valence-corrected chi connectivity index (χ2v) is 33.6. The van der Waals surface area contributed by atoms with Crippen molar-refractivity contribution in [1.29, 1.82) is 0 Å². The summed E-state index contributed by atoms with van der Waals surface area (Å²) in [6.45, 7) is 10.6. The van der Waals surface area contributed by atoms with E-state index in [0.29, 0.717) is 38.5 Å². The summed E-state index contributed by atoms with van der Waals surface area (Å²) in [4.78, 5) is 213. The van der Waals surface area contributed by atoms with Crippen LogP contribution in [0.2, 0.25) is 0 Å². The van der Waals surface area contributed by atoms with Crippen molar-refractivity contribution in [2.45, 2.75) is 250 Å². The van der Waals surface area contributed by atoms with Crippen LogP contribution in [0.15, 0.2) is 47.6 Å². The summed E-state index contributed by atoms with van der Waals surface area (Å²) in [5.41, 5.74) is 10.0. The number of methoxy groups -OCH3 is 3. The van der Waals surface area contributed by atoms with E-state index in [1.165, 1.54) is 34.3 Å². The highest BCUT2D eigenvalue weighted by Gasteiger charge is 2.54. The molecule has 0 spiro atoms. The van der Waals surface area contributed by atoms with Gasteiger partial charge < -0.3 is 101 Å². The number of nitrogens with zero attached hydrogens (tertiary/aromatic N) is 1. The van der Waals surface area contributed by atoms with Gasteiger partial charge in [0, 0.05) is 89.2 Å². The van der Waals surface area contributed by atoms with Gasteiger partial charge >= 0.3 is 47.8 Å². The van der Waals surface area contributed by atoms with Crippen LogP contribution in [-0.2, 0) is 115 Å². The Bertz CT molecular complexity index is 3570. The number of nitrogens with two attached hydrogens (primary N) is 2. The fraction of sp³-hybridized carbons (Fsp3) is 0.704. The number of carbonyl (C=O) groups is 16. The number of aliphatic hydroxyl groups excluding tert-OH is 1. The molecule has 2 bridgehead atoms. The maximum atomic E-state index is 15.0. The molecule has 668 valence electrons. The molecular weight excluding hydrogens is 1600 g/mol. The number of thioether (sulfide) groups is 2. The lowest BCUT2D eigenvalue weighted by Gasteiger charge is -2.42. The predicted octanol–water partition coefficient (Wildman–Crippen LogP) is 3.28. The second kappa shape index (κ2) is 50.8. The SMILES string of the molecule is CO[C@H]1C[C@@H]2CC[C@@H](C)[C@@](O)(O2)C(=O)C(=O)N2CCCC[C@H]2C(=O)O[C@H]([C@H](C)C[C@@H]2CC[C@@H](OC(=O)C(C)(COC(=O)CSC[C@H](NC(=O)CC[C@H](N)C(=O)O)C(=O)CCC(=O)O)COC(=O)CSC[C@H](NC(=O)CC[C@H](N)C(=O)O)C(=O)NCC(=O)O)[C@H](OC)C2)CC(=O)[C@H](C)/C=C(\C)[C@@H](O)[C@@H](OC)C(=O)[C@H](C)C[C@H](C)/C=C/C=C/C=C/1C. The lowest BCUT2D eigenvalue weighted by atomic mass is 9.78. The van der Waals surface area contributed by atoms with Crippen molar-refractivity contribution in [1.82, 2.24) is 20.9 Å². The van der Waals surface area contributed by atoms with Gasteiger partial charge in [0.05, 0.1) is 42.3 Å². The van der Waals surface area contributed by atoms with Gasteiger partial charge in [0.1, 0.15) is 79.5 Å². The Morgan fingerprint density at radius 3 is 1.88 bits per heavy atom. The fourth-order valence-corrected chi connectivity index (χ4v) is 15.9. The van der Waals surface area contributed by atoms with Gasteiger partial charge in [-0.15, -0.1) is 23.5 Å². The maximum absolute atomic E-state index is 15.0. The number of allylic oxidation sites excluding steroid dienone is 6. The fourth-order valence-electron chi connectivity index (χ4n) is 14.2. The van der Waals surface area contributed by atoms with Crippen molar-refractivity contribution in [3.63, 3.8) is 0 Å². The molecular formula is C81H122N6O30S2. The highest BCUT2D eigenvalue weighted by molar-refractivity contribution is 8.00. The third kappa shape index (κ3) is 33.9. The molecule has 2 saturated heterocycles. The number of cyclic esters (lactones) is 1. The lowest BCUT2D eigenvalue weighted by molar-refractivity contribution is -0.265. The van der Waals surface area contributed by atoms with Crippen LogP contribution >= 0.6 is 23.5 Å². The van der Waals surface area contributed by atoms with Gasteiger partial charge in [0.2, 0.25) is 23.5 Å². The first-order chi connectivity index (χ1) is 56.0. The van der Waals surface area contributed by atoms with Crippen molar-refractivity contribution >= 4 is 118 Å². The number of fused-ring (bicyclic) bond motifs is 3. The number of carbonyl (C=O) groups excluding carboxylic acids is 12. The average molecular weight is 1720 g/mol. The number of hydrogen-bond acceptors (Lipinski definition) is 30. The van der Waals surface area contributed by atoms with E-state index in [1.807, 2.05) is 44.2 Å². The van der Waals surface area contributed by atoms with Crippen molar-refractivity contribution in [3.05, 3.63) is 47.6 Å². The molecule has 4 amide bonds.